The molecule has 0 bridgehead atoms. The lowest BCUT2D eigenvalue weighted by Crippen LogP contribution is -2.51. The maximum atomic E-state index is 4.94. The molecule has 1 aromatic heterocycles. The number of benzene rings is 1. The van der Waals surface area contributed by atoms with E-state index in [9.17, 15) is 0 Å². The van der Waals surface area contributed by atoms with E-state index in [2.05, 4.69) is 64.2 Å². The number of hydrogen-bond donors (Lipinski definition) is 0. The Morgan fingerprint density at radius 1 is 1.08 bits per heavy atom. The summed E-state index contributed by atoms with van der Waals surface area (Å²) >= 11 is 2.12. The van der Waals surface area contributed by atoms with E-state index in [0.29, 0.717) is 6.04 Å². The van der Waals surface area contributed by atoms with Gasteiger partial charge in [-0.1, -0.05) is 12.1 Å². The molecule has 1 aromatic carbocycles. The predicted molar refractivity (Wildman–Crippen MR) is 107 cm³/mol. The van der Waals surface area contributed by atoms with Crippen molar-refractivity contribution in [2.45, 2.75) is 45.3 Å². The second-order valence-electron chi connectivity index (χ2n) is 7.64. The van der Waals surface area contributed by atoms with Crippen LogP contribution in [0.1, 0.15) is 38.6 Å². The SMILES string of the molecule is CC(C)n1c(CN2CCN(C3CCSCC3)CC2)nc2ccccc21. The van der Waals surface area contributed by atoms with E-state index in [-0.39, 0.29) is 0 Å². The van der Waals surface area contributed by atoms with E-state index in [0.717, 1.165) is 18.1 Å². The molecule has 136 valence electrons. The van der Waals surface area contributed by atoms with Crippen molar-refractivity contribution in [3.05, 3.63) is 30.1 Å². The molecule has 0 saturated carbocycles. The molecule has 0 spiro atoms. The Hall–Kier alpha value is -1.04. The van der Waals surface area contributed by atoms with Crippen LogP contribution in [0, 0.1) is 0 Å². The maximum Gasteiger partial charge on any atom is 0.124 e. The van der Waals surface area contributed by atoms with Crippen LogP contribution < -0.4 is 0 Å². The molecular formula is C20H30N4S. The Balaban J connectivity index is 1.43. The summed E-state index contributed by atoms with van der Waals surface area (Å²) in [6.45, 7) is 10.3. The first-order valence-corrected chi connectivity index (χ1v) is 10.9. The molecule has 0 radical (unpaired) electrons. The molecule has 0 unspecified atom stereocenters. The van der Waals surface area contributed by atoms with Crippen molar-refractivity contribution in [3.63, 3.8) is 0 Å². The second kappa shape index (κ2) is 7.68. The highest BCUT2D eigenvalue weighted by molar-refractivity contribution is 7.99. The summed E-state index contributed by atoms with van der Waals surface area (Å²) in [6.07, 6.45) is 2.77. The zero-order chi connectivity index (χ0) is 17.2. The van der Waals surface area contributed by atoms with Crippen LogP contribution >= 0.6 is 11.8 Å². The van der Waals surface area contributed by atoms with Crippen molar-refractivity contribution in [3.8, 4) is 0 Å². The van der Waals surface area contributed by atoms with E-state index in [4.69, 9.17) is 4.98 Å². The first-order valence-electron chi connectivity index (χ1n) is 9.72. The number of imidazole rings is 1. The van der Waals surface area contributed by atoms with Crippen LogP contribution in [0.2, 0.25) is 0 Å². The topological polar surface area (TPSA) is 24.3 Å². The molecule has 0 N–H and O–H groups in total. The van der Waals surface area contributed by atoms with Gasteiger partial charge in [-0.05, 0) is 50.3 Å². The van der Waals surface area contributed by atoms with Gasteiger partial charge in [0.25, 0.3) is 0 Å². The van der Waals surface area contributed by atoms with Gasteiger partial charge in [0.2, 0.25) is 0 Å². The first kappa shape index (κ1) is 17.4. The average molecular weight is 359 g/mol. The molecule has 2 fully saturated rings. The highest BCUT2D eigenvalue weighted by Gasteiger charge is 2.26. The summed E-state index contributed by atoms with van der Waals surface area (Å²) in [7, 11) is 0. The fourth-order valence-corrected chi connectivity index (χ4v) is 5.40. The Morgan fingerprint density at radius 2 is 1.80 bits per heavy atom. The maximum absolute atomic E-state index is 4.94. The Kier molecular flexibility index (Phi) is 5.34. The summed E-state index contributed by atoms with van der Waals surface area (Å²) in [6, 6.07) is 9.83. The normalized spacial score (nSPS) is 21.4. The van der Waals surface area contributed by atoms with Crippen LogP contribution in [0.5, 0.6) is 0 Å². The molecule has 2 saturated heterocycles. The number of fused-ring (bicyclic) bond motifs is 1. The molecule has 0 amide bonds. The number of thioether (sulfide) groups is 1. The van der Waals surface area contributed by atoms with Crippen LogP contribution in [0.25, 0.3) is 11.0 Å². The Labute approximate surface area is 155 Å². The van der Waals surface area contributed by atoms with Gasteiger partial charge in [-0.2, -0.15) is 11.8 Å². The fraction of sp³-hybridized carbons (Fsp3) is 0.650. The van der Waals surface area contributed by atoms with Gasteiger partial charge < -0.3 is 4.57 Å². The monoisotopic (exact) mass is 358 g/mol. The lowest BCUT2D eigenvalue weighted by atomic mass is 10.1. The number of rotatable bonds is 4. The molecular weight excluding hydrogens is 328 g/mol. The van der Waals surface area contributed by atoms with Crippen molar-refractivity contribution in [1.29, 1.82) is 0 Å². The van der Waals surface area contributed by atoms with Gasteiger partial charge >= 0.3 is 0 Å². The van der Waals surface area contributed by atoms with Crippen molar-refractivity contribution in [2.24, 2.45) is 0 Å². The van der Waals surface area contributed by atoms with Crippen LogP contribution in [0.15, 0.2) is 24.3 Å². The number of aromatic nitrogens is 2. The summed E-state index contributed by atoms with van der Waals surface area (Å²) in [5, 5.41) is 0. The molecule has 4 nitrogen and oxygen atoms in total. The van der Waals surface area contributed by atoms with Gasteiger partial charge in [0, 0.05) is 38.3 Å². The van der Waals surface area contributed by atoms with Crippen molar-refractivity contribution >= 4 is 22.8 Å². The molecule has 2 aromatic rings. The van der Waals surface area contributed by atoms with Gasteiger partial charge in [0.1, 0.15) is 5.82 Å². The van der Waals surface area contributed by atoms with Gasteiger partial charge in [-0.25, -0.2) is 4.98 Å². The quantitative estimate of drug-likeness (QED) is 0.833. The van der Waals surface area contributed by atoms with Gasteiger partial charge in [0.15, 0.2) is 0 Å². The third-order valence-corrected chi connectivity index (χ3v) is 6.71. The largest absolute Gasteiger partial charge is 0.324 e. The number of nitrogens with zero attached hydrogens (tertiary/aromatic N) is 4. The third kappa shape index (κ3) is 3.74. The zero-order valence-electron chi connectivity index (χ0n) is 15.5. The fourth-order valence-electron chi connectivity index (χ4n) is 4.32. The Morgan fingerprint density at radius 3 is 2.52 bits per heavy atom. The smallest absolute Gasteiger partial charge is 0.124 e. The van der Waals surface area contributed by atoms with Crippen LogP contribution in [0.3, 0.4) is 0 Å². The Bertz CT molecular complexity index is 697. The highest BCUT2D eigenvalue weighted by atomic mass is 32.2. The molecule has 3 heterocycles. The third-order valence-electron chi connectivity index (χ3n) is 5.66. The van der Waals surface area contributed by atoms with Crippen molar-refractivity contribution in [2.75, 3.05) is 37.7 Å². The minimum atomic E-state index is 0.448. The van der Waals surface area contributed by atoms with Gasteiger partial charge in [-0.15, -0.1) is 0 Å². The highest BCUT2D eigenvalue weighted by Crippen LogP contribution is 2.24. The number of para-hydroxylation sites is 2. The first-order chi connectivity index (χ1) is 12.2. The summed E-state index contributed by atoms with van der Waals surface area (Å²) in [4.78, 5) is 10.3. The number of piperazine rings is 1. The second-order valence-corrected chi connectivity index (χ2v) is 8.86. The molecule has 25 heavy (non-hydrogen) atoms. The molecule has 2 aliphatic rings. The van der Waals surface area contributed by atoms with Crippen LogP contribution in [0.4, 0.5) is 0 Å². The lowest BCUT2D eigenvalue weighted by molar-refractivity contribution is 0.0858. The predicted octanol–water partition coefficient (Wildman–Crippen LogP) is 3.63. The van der Waals surface area contributed by atoms with Crippen LogP contribution in [-0.4, -0.2) is 63.1 Å². The van der Waals surface area contributed by atoms with Crippen LogP contribution in [-0.2, 0) is 6.54 Å². The van der Waals surface area contributed by atoms with E-state index >= 15 is 0 Å². The zero-order valence-corrected chi connectivity index (χ0v) is 16.3. The van der Waals surface area contributed by atoms with Crippen molar-refractivity contribution in [1.82, 2.24) is 19.4 Å². The molecule has 4 rings (SSSR count). The van der Waals surface area contributed by atoms with E-state index in [1.807, 2.05) is 0 Å². The van der Waals surface area contributed by atoms with E-state index < -0.39 is 0 Å². The molecule has 2 aliphatic heterocycles. The molecule has 5 heteroatoms. The standard InChI is InChI=1S/C20H30N4S/c1-16(2)24-19-6-4-3-5-18(19)21-20(24)15-22-9-11-23(12-10-22)17-7-13-25-14-8-17/h3-6,16-17H,7-15H2,1-2H3. The lowest BCUT2D eigenvalue weighted by Gasteiger charge is -2.40. The molecule has 0 atom stereocenters. The summed E-state index contributed by atoms with van der Waals surface area (Å²) < 4.78 is 2.42. The summed E-state index contributed by atoms with van der Waals surface area (Å²) in [5.41, 5.74) is 2.40. The minimum absolute atomic E-state index is 0.448. The van der Waals surface area contributed by atoms with Gasteiger partial charge in [0.05, 0.1) is 17.6 Å². The van der Waals surface area contributed by atoms with Crippen molar-refractivity contribution < 1.29 is 0 Å². The molecule has 0 aliphatic carbocycles. The summed E-state index contributed by atoms with van der Waals surface area (Å²) in [5.74, 6) is 3.92. The minimum Gasteiger partial charge on any atom is -0.324 e. The number of hydrogen-bond acceptors (Lipinski definition) is 4. The van der Waals surface area contributed by atoms with E-state index in [1.165, 1.54) is 61.9 Å². The van der Waals surface area contributed by atoms with Gasteiger partial charge in [-0.3, -0.25) is 9.80 Å². The van der Waals surface area contributed by atoms with E-state index in [1.54, 1.807) is 0 Å². The average Bonchev–Trinajstić information content (AvgIpc) is 3.01.